The summed E-state index contributed by atoms with van der Waals surface area (Å²) in [6.45, 7) is 10.6. The van der Waals surface area contributed by atoms with Crippen LogP contribution >= 0.6 is 0 Å². The molecular formula is C34H47N5O. The van der Waals surface area contributed by atoms with Gasteiger partial charge in [0, 0.05) is 62.7 Å². The second-order valence-electron chi connectivity index (χ2n) is 11.6. The van der Waals surface area contributed by atoms with Gasteiger partial charge in [-0.1, -0.05) is 51.8 Å². The first-order valence-electron chi connectivity index (χ1n) is 15.2. The lowest BCUT2D eigenvalue weighted by Crippen LogP contribution is -2.47. The van der Waals surface area contributed by atoms with Gasteiger partial charge in [0.05, 0.1) is 0 Å². The molecule has 3 aromatic rings. The maximum absolute atomic E-state index is 13.9. The van der Waals surface area contributed by atoms with Crippen molar-refractivity contribution in [1.29, 1.82) is 0 Å². The molecule has 4 rings (SSSR count). The lowest BCUT2D eigenvalue weighted by atomic mass is 10.00. The quantitative estimate of drug-likeness (QED) is 0.216. The summed E-state index contributed by atoms with van der Waals surface area (Å²) in [4.78, 5) is 29.5. The van der Waals surface area contributed by atoms with Crippen molar-refractivity contribution in [2.24, 2.45) is 5.92 Å². The van der Waals surface area contributed by atoms with E-state index in [0.29, 0.717) is 18.2 Å². The molecule has 0 radical (unpaired) electrons. The van der Waals surface area contributed by atoms with Crippen LogP contribution in [0.1, 0.15) is 80.9 Å². The number of carbonyl (C=O) groups is 1. The van der Waals surface area contributed by atoms with Crippen molar-refractivity contribution in [3.63, 3.8) is 0 Å². The Kier molecular flexibility index (Phi) is 11.1. The highest BCUT2D eigenvalue weighted by Crippen LogP contribution is 2.26. The number of likely N-dealkylation sites (tertiary alicyclic amines) is 1. The highest BCUT2D eigenvalue weighted by Gasteiger charge is 2.29. The number of amides is 1. The number of benzene rings is 1. The lowest BCUT2D eigenvalue weighted by molar-refractivity contribution is 0.0540. The van der Waals surface area contributed by atoms with E-state index in [-0.39, 0.29) is 11.9 Å². The third-order valence-electron chi connectivity index (χ3n) is 8.12. The van der Waals surface area contributed by atoms with Crippen molar-refractivity contribution in [2.45, 2.75) is 78.3 Å². The molecule has 1 fully saturated rings. The zero-order valence-electron chi connectivity index (χ0n) is 24.9. The van der Waals surface area contributed by atoms with Crippen LogP contribution in [0.3, 0.4) is 0 Å². The molecule has 6 heteroatoms. The standard InChI is InChI=1S/C34H47N5O/c1-5-6-7-8-28-11-14-33(36-25-28)34(40)39(32-18-23-38(24-19-32)22-17-27(2)3)26-29-9-12-30(13-10-29)37(4)31-15-20-35-21-16-31/h9-16,20-21,25,27,32H,5-8,17-19,22-24,26H2,1-4H3. The Morgan fingerprint density at radius 3 is 2.25 bits per heavy atom. The SMILES string of the molecule is CCCCCc1ccc(C(=O)N(Cc2ccc(N(C)c3ccncc3)cc2)C2CCN(CCC(C)C)CC2)nc1. The molecular weight excluding hydrogens is 494 g/mol. The normalized spacial score (nSPS) is 14.4. The average Bonchev–Trinajstić information content (AvgIpc) is 3.00. The highest BCUT2D eigenvalue weighted by atomic mass is 16.2. The van der Waals surface area contributed by atoms with Crippen molar-refractivity contribution in [3.05, 3.63) is 83.9 Å². The molecule has 214 valence electrons. The third kappa shape index (κ3) is 8.37. The monoisotopic (exact) mass is 541 g/mol. The zero-order chi connectivity index (χ0) is 28.3. The Morgan fingerprint density at radius 2 is 1.62 bits per heavy atom. The molecule has 0 bridgehead atoms. The number of hydrogen-bond acceptors (Lipinski definition) is 5. The minimum Gasteiger partial charge on any atom is -0.345 e. The van der Waals surface area contributed by atoms with E-state index in [0.717, 1.165) is 55.8 Å². The molecule has 0 unspecified atom stereocenters. The Morgan fingerprint density at radius 1 is 0.950 bits per heavy atom. The number of pyridine rings is 2. The maximum Gasteiger partial charge on any atom is 0.272 e. The summed E-state index contributed by atoms with van der Waals surface area (Å²) in [6.07, 6.45) is 13.4. The molecule has 0 atom stereocenters. The van der Waals surface area contributed by atoms with Gasteiger partial charge in [-0.15, -0.1) is 0 Å². The maximum atomic E-state index is 13.9. The summed E-state index contributed by atoms with van der Waals surface area (Å²) >= 11 is 0. The van der Waals surface area contributed by atoms with Gasteiger partial charge in [0.1, 0.15) is 5.69 Å². The summed E-state index contributed by atoms with van der Waals surface area (Å²) < 4.78 is 0. The molecule has 1 amide bonds. The Hall–Kier alpha value is -3.25. The molecule has 6 nitrogen and oxygen atoms in total. The van der Waals surface area contributed by atoms with Gasteiger partial charge in [0.25, 0.3) is 5.91 Å². The molecule has 1 saturated heterocycles. The molecule has 3 heterocycles. The van der Waals surface area contributed by atoms with Crippen molar-refractivity contribution in [2.75, 3.05) is 31.6 Å². The number of rotatable bonds is 13. The largest absolute Gasteiger partial charge is 0.345 e. The Bertz CT molecular complexity index is 1160. The summed E-state index contributed by atoms with van der Waals surface area (Å²) in [5.41, 5.74) is 5.10. The molecule has 0 saturated carbocycles. The van der Waals surface area contributed by atoms with Crippen LogP contribution in [0.25, 0.3) is 0 Å². The van der Waals surface area contributed by atoms with Gasteiger partial charge in [0.2, 0.25) is 0 Å². The van der Waals surface area contributed by atoms with Crippen LogP contribution < -0.4 is 4.90 Å². The Balaban J connectivity index is 1.48. The van der Waals surface area contributed by atoms with Gasteiger partial charge in [0.15, 0.2) is 0 Å². The van der Waals surface area contributed by atoms with Gasteiger partial charge in [-0.3, -0.25) is 14.8 Å². The van der Waals surface area contributed by atoms with E-state index >= 15 is 0 Å². The summed E-state index contributed by atoms with van der Waals surface area (Å²) in [6, 6.07) is 16.8. The van der Waals surface area contributed by atoms with Crippen LogP contribution in [-0.2, 0) is 13.0 Å². The molecule has 1 aliphatic heterocycles. The smallest absolute Gasteiger partial charge is 0.272 e. The first-order valence-corrected chi connectivity index (χ1v) is 15.2. The van der Waals surface area contributed by atoms with E-state index in [1.165, 1.54) is 31.2 Å². The number of piperidine rings is 1. The summed E-state index contributed by atoms with van der Waals surface area (Å²) in [5, 5.41) is 0. The Labute approximate surface area is 241 Å². The van der Waals surface area contributed by atoms with Gasteiger partial charge in [-0.05, 0) is 86.0 Å². The van der Waals surface area contributed by atoms with Gasteiger partial charge in [-0.25, -0.2) is 0 Å². The van der Waals surface area contributed by atoms with Crippen molar-refractivity contribution < 1.29 is 4.79 Å². The van der Waals surface area contributed by atoms with Crippen LogP contribution in [0.2, 0.25) is 0 Å². The fourth-order valence-corrected chi connectivity index (χ4v) is 5.43. The highest BCUT2D eigenvalue weighted by molar-refractivity contribution is 5.92. The van der Waals surface area contributed by atoms with Crippen LogP contribution in [0.15, 0.2) is 67.1 Å². The number of nitrogens with zero attached hydrogens (tertiary/aromatic N) is 5. The van der Waals surface area contributed by atoms with E-state index in [1.807, 2.05) is 36.8 Å². The van der Waals surface area contributed by atoms with Gasteiger partial charge < -0.3 is 14.7 Å². The van der Waals surface area contributed by atoms with Crippen molar-refractivity contribution in [1.82, 2.24) is 19.8 Å². The first-order chi connectivity index (χ1) is 19.4. The van der Waals surface area contributed by atoms with Crippen LogP contribution in [0.5, 0.6) is 0 Å². The summed E-state index contributed by atoms with van der Waals surface area (Å²) in [7, 11) is 2.06. The fourth-order valence-electron chi connectivity index (χ4n) is 5.43. The summed E-state index contributed by atoms with van der Waals surface area (Å²) in [5.74, 6) is 0.756. The predicted octanol–water partition coefficient (Wildman–Crippen LogP) is 7.13. The molecule has 1 aromatic carbocycles. The van der Waals surface area contributed by atoms with Gasteiger partial charge in [-0.2, -0.15) is 0 Å². The number of aryl methyl sites for hydroxylation is 1. The second kappa shape index (κ2) is 14.9. The number of aromatic nitrogens is 2. The number of anilines is 2. The average molecular weight is 542 g/mol. The number of unbranched alkanes of at least 4 members (excludes halogenated alkanes) is 2. The lowest BCUT2D eigenvalue weighted by Gasteiger charge is -2.39. The number of carbonyl (C=O) groups excluding carboxylic acids is 1. The van der Waals surface area contributed by atoms with Crippen molar-refractivity contribution >= 4 is 17.3 Å². The topological polar surface area (TPSA) is 52.6 Å². The van der Waals surface area contributed by atoms with Gasteiger partial charge >= 0.3 is 0 Å². The van der Waals surface area contributed by atoms with E-state index in [9.17, 15) is 4.79 Å². The van der Waals surface area contributed by atoms with Crippen LogP contribution in [0.4, 0.5) is 11.4 Å². The van der Waals surface area contributed by atoms with E-state index in [4.69, 9.17) is 0 Å². The fraction of sp³-hybridized carbons (Fsp3) is 0.500. The second-order valence-corrected chi connectivity index (χ2v) is 11.6. The predicted molar refractivity (Wildman–Crippen MR) is 165 cm³/mol. The molecule has 40 heavy (non-hydrogen) atoms. The molecule has 2 aromatic heterocycles. The van der Waals surface area contributed by atoms with E-state index in [1.54, 1.807) is 0 Å². The van der Waals surface area contributed by atoms with Crippen LogP contribution in [0, 0.1) is 5.92 Å². The third-order valence-corrected chi connectivity index (χ3v) is 8.12. The molecule has 0 N–H and O–H groups in total. The molecule has 0 spiro atoms. The minimum absolute atomic E-state index is 0.0405. The minimum atomic E-state index is 0.0405. The number of hydrogen-bond donors (Lipinski definition) is 0. The molecule has 0 aliphatic carbocycles. The first kappa shape index (κ1) is 29.7. The van der Waals surface area contributed by atoms with Crippen molar-refractivity contribution in [3.8, 4) is 0 Å². The van der Waals surface area contributed by atoms with E-state index in [2.05, 4.69) is 82.8 Å². The van der Waals surface area contributed by atoms with E-state index < -0.39 is 0 Å². The zero-order valence-corrected chi connectivity index (χ0v) is 24.9. The molecule has 1 aliphatic rings. The van der Waals surface area contributed by atoms with Crippen LogP contribution in [-0.4, -0.2) is 58.4 Å².